The van der Waals surface area contributed by atoms with Gasteiger partial charge in [0, 0.05) is 6.54 Å². The van der Waals surface area contributed by atoms with Crippen LogP contribution in [-0.4, -0.2) is 0 Å². The molecule has 1 aromatic rings. The highest BCUT2D eigenvalue weighted by molar-refractivity contribution is 5.85. The number of hydrogen-bond acceptors (Lipinski definition) is 1. The molecule has 1 saturated carbocycles. The topological polar surface area (TPSA) is 26.0 Å². The molecule has 0 bridgehead atoms. The van der Waals surface area contributed by atoms with Gasteiger partial charge in [-0.1, -0.05) is 31.2 Å². The van der Waals surface area contributed by atoms with Gasteiger partial charge in [0.2, 0.25) is 0 Å². The zero-order valence-corrected chi connectivity index (χ0v) is 8.73. The van der Waals surface area contributed by atoms with Gasteiger partial charge in [0.05, 0.1) is 0 Å². The van der Waals surface area contributed by atoms with E-state index in [1.165, 1.54) is 24.0 Å². The largest absolute Gasteiger partial charge is 0.326 e. The van der Waals surface area contributed by atoms with Crippen LogP contribution in [-0.2, 0) is 12.0 Å². The lowest BCUT2D eigenvalue weighted by Crippen LogP contribution is -2.01. The summed E-state index contributed by atoms with van der Waals surface area (Å²) in [6.45, 7) is 2.97. The summed E-state index contributed by atoms with van der Waals surface area (Å²) in [6.07, 6.45) is 2.68. The van der Waals surface area contributed by atoms with Gasteiger partial charge in [-0.15, -0.1) is 12.4 Å². The number of rotatable bonds is 2. The molecular formula is C11H16ClN. The smallest absolute Gasteiger partial charge is 0.0178 e. The second-order valence-corrected chi connectivity index (χ2v) is 3.96. The Balaban J connectivity index is 0.000000845. The first-order valence-electron chi connectivity index (χ1n) is 4.54. The Kier molecular flexibility index (Phi) is 2.99. The quantitative estimate of drug-likeness (QED) is 0.775. The molecule has 0 heterocycles. The van der Waals surface area contributed by atoms with E-state index in [-0.39, 0.29) is 12.4 Å². The fourth-order valence-corrected chi connectivity index (χ4v) is 1.52. The highest BCUT2D eigenvalue weighted by atomic mass is 35.5. The molecule has 0 atom stereocenters. The van der Waals surface area contributed by atoms with Crippen LogP contribution < -0.4 is 5.73 Å². The van der Waals surface area contributed by atoms with Crippen LogP contribution in [0, 0.1) is 0 Å². The zero-order chi connectivity index (χ0) is 8.60. The van der Waals surface area contributed by atoms with E-state index in [0.29, 0.717) is 12.0 Å². The minimum Gasteiger partial charge on any atom is -0.326 e. The SMILES string of the molecule is CC1(c2ccc(CN)cc2)CC1.Cl. The van der Waals surface area contributed by atoms with Crippen molar-refractivity contribution >= 4 is 12.4 Å². The summed E-state index contributed by atoms with van der Waals surface area (Å²) in [7, 11) is 0. The van der Waals surface area contributed by atoms with Crippen LogP contribution in [0.3, 0.4) is 0 Å². The van der Waals surface area contributed by atoms with Crippen LogP contribution in [0.25, 0.3) is 0 Å². The highest BCUT2D eigenvalue weighted by Crippen LogP contribution is 2.47. The van der Waals surface area contributed by atoms with Crippen LogP contribution in [0.5, 0.6) is 0 Å². The molecule has 0 aromatic heterocycles. The van der Waals surface area contributed by atoms with Crippen LogP contribution in [0.15, 0.2) is 24.3 Å². The van der Waals surface area contributed by atoms with Gasteiger partial charge in [-0.2, -0.15) is 0 Å². The minimum atomic E-state index is 0. The predicted molar refractivity (Wildman–Crippen MR) is 58.2 cm³/mol. The summed E-state index contributed by atoms with van der Waals surface area (Å²) in [5.41, 5.74) is 8.71. The van der Waals surface area contributed by atoms with Crippen molar-refractivity contribution in [3.05, 3.63) is 35.4 Å². The van der Waals surface area contributed by atoms with Crippen LogP contribution >= 0.6 is 12.4 Å². The summed E-state index contributed by atoms with van der Waals surface area (Å²) in [5, 5.41) is 0. The lowest BCUT2D eigenvalue weighted by Gasteiger charge is -2.08. The van der Waals surface area contributed by atoms with Crippen LogP contribution in [0.1, 0.15) is 30.9 Å². The van der Waals surface area contributed by atoms with E-state index >= 15 is 0 Å². The van der Waals surface area contributed by atoms with Gasteiger partial charge in [-0.05, 0) is 29.4 Å². The van der Waals surface area contributed by atoms with Crippen molar-refractivity contribution in [2.45, 2.75) is 31.7 Å². The first-order chi connectivity index (χ1) is 5.74. The van der Waals surface area contributed by atoms with E-state index in [0.717, 1.165) is 0 Å². The number of hydrogen-bond donors (Lipinski definition) is 1. The van der Waals surface area contributed by atoms with Crippen LogP contribution in [0.2, 0.25) is 0 Å². The van der Waals surface area contributed by atoms with E-state index < -0.39 is 0 Å². The van der Waals surface area contributed by atoms with Gasteiger partial charge < -0.3 is 5.73 Å². The summed E-state index contributed by atoms with van der Waals surface area (Å²) >= 11 is 0. The maximum Gasteiger partial charge on any atom is 0.0178 e. The molecule has 1 fully saturated rings. The first-order valence-corrected chi connectivity index (χ1v) is 4.54. The Morgan fingerprint density at radius 3 is 2.15 bits per heavy atom. The number of halogens is 1. The standard InChI is InChI=1S/C11H15N.ClH/c1-11(6-7-11)10-4-2-9(8-12)3-5-10;/h2-5H,6-8,12H2,1H3;1H. The predicted octanol–water partition coefficient (Wildman–Crippen LogP) is 2.62. The minimum absolute atomic E-state index is 0. The lowest BCUT2D eigenvalue weighted by molar-refractivity contribution is 0.786. The van der Waals surface area contributed by atoms with E-state index in [9.17, 15) is 0 Å². The van der Waals surface area contributed by atoms with Gasteiger partial charge in [-0.3, -0.25) is 0 Å². The average molecular weight is 198 g/mol. The third-order valence-corrected chi connectivity index (χ3v) is 2.89. The summed E-state index contributed by atoms with van der Waals surface area (Å²) in [5.74, 6) is 0. The molecule has 0 spiro atoms. The second kappa shape index (κ2) is 3.69. The molecule has 1 aromatic carbocycles. The lowest BCUT2D eigenvalue weighted by atomic mass is 9.97. The molecule has 2 rings (SSSR count). The van der Waals surface area contributed by atoms with E-state index in [2.05, 4.69) is 31.2 Å². The molecule has 1 aliphatic carbocycles. The third kappa shape index (κ3) is 2.04. The highest BCUT2D eigenvalue weighted by Gasteiger charge is 2.38. The molecule has 0 amide bonds. The fourth-order valence-electron chi connectivity index (χ4n) is 1.52. The molecule has 1 nitrogen and oxygen atoms in total. The van der Waals surface area contributed by atoms with E-state index in [1.54, 1.807) is 0 Å². The summed E-state index contributed by atoms with van der Waals surface area (Å²) in [4.78, 5) is 0. The van der Waals surface area contributed by atoms with Gasteiger partial charge in [0.15, 0.2) is 0 Å². The van der Waals surface area contributed by atoms with Crippen molar-refractivity contribution in [3.63, 3.8) is 0 Å². The number of nitrogens with two attached hydrogens (primary N) is 1. The third-order valence-electron chi connectivity index (χ3n) is 2.89. The Bertz CT molecular complexity index is 275. The second-order valence-electron chi connectivity index (χ2n) is 3.96. The van der Waals surface area contributed by atoms with E-state index in [1.807, 2.05) is 0 Å². The molecule has 13 heavy (non-hydrogen) atoms. The molecule has 0 saturated heterocycles. The molecule has 2 heteroatoms. The summed E-state index contributed by atoms with van der Waals surface area (Å²) < 4.78 is 0. The maximum atomic E-state index is 5.52. The zero-order valence-electron chi connectivity index (χ0n) is 7.92. The van der Waals surface area contributed by atoms with Gasteiger partial charge in [0.25, 0.3) is 0 Å². The molecule has 0 aliphatic heterocycles. The van der Waals surface area contributed by atoms with Gasteiger partial charge in [0.1, 0.15) is 0 Å². The van der Waals surface area contributed by atoms with Crippen molar-refractivity contribution < 1.29 is 0 Å². The molecular weight excluding hydrogens is 182 g/mol. The maximum absolute atomic E-state index is 5.52. The van der Waals surface area contributed by atoms with Crippen molar-refractivity contribution in [3.8, 4) is 0 Å². The first kappa shape index (κ1) is 10.6. The van der Waals surface area contributed by atoms with Crippen molar-refractivity contribution in [1.29, 1.82) is 0 Å². The Morgan fingerprint density at radius 1 is 1.23 bits per heavy atom. The van der Waals surface area contributed by atoms with Crippen molar-refractivity contribution in [1.82, 2.24) is 0 Å². The van der Waals surface area contributed by atoms with Gasteiger partial charge in [-0.25, -0.2) is 0 Å². The normalized spacial score (nSPS) is 17.7. The summed E-state index contributed by atoms with van der Waals surface area (Å²) in [6, 6.07) is 8.71. The van der Waals surface area contributed by atoms with E-state index in [4.69, 9.17) is 5.73 Å². The Labute approximate surface area is 85.7 Å². The molecule has 2 N–H and O–H groups in total. The van der Waals surface area contributed by atoms with Gasteiger partial charge >= 0.3 is 0 Å². The Morgan fingerprint density at radius 2 is 1.77 bits per heavy atom. The van der Waals surface area contributed by atoms with Crippen LogP contribution in [0.4, 0.5) is 0 Å². The Hall–Kier alpha value is -0.530. The molecule has 0 radical (unpaired) electrons. The fraction of sp³-hybridized carbons (Fsp3) is 0.455. The monoisotopic (exact) mass is 197 g/mol. The molecule has 72 valence electrons. The average Bonchev–Trinajstić information content (AvgIpc) is 2.85. The van der Waals surface area contributed by atoms with Crippen molar-refractivity contribution in [2.75, 3.05) is 0 Å². The molecule has 1 aliphatic rings. The molecule has 0 unspecified atom stereocenters. The van der Waals surface area contributed by atoms with Crippen molar-refractivity contribution in [2.24, 2.45) is 5.73 Å². The number of benzene rings is 1.